The normalized spacial score (nSPS) is 13.4. The second-order valence-electron chi connectivity index (χ2n) is 4.02. The fourth-order valence-corrected chi connectivity index (χ4v) is 2.77. The summed E-state index contributed by atoms with van der Waals surface area (Å²) in [4.78, 5) is 0. The third-order valence-corrected chi connectivity index (χ3v) is 4.08. The number of sulfonamides is 1. The van der Waals surface area contributed by atoms with Gasteiger partial charge in [0.1, 0.15) is 0 Å². The molecule has 0 spiro atoms. The first-order valence-corrected chi connectivity index (χ1v) is 7.42. The van der Waals surface area contributed by atoms with Gasteiger partial charge in [0, 0.05) is 6.04 Å². The Morgan fingerprint density at radius 3 is 2.53 bits per heavy atom. The first kappa shape index (κ1) is 14.0. The highest BCUT2D eigenvalue weighted by Crippen LogP contribution is 2.23. The Morgan fingerprint density at radius 2 is 1.94 bits per heavy atom. The van der Waals surface area contributed by atoms with Crippen molar-refractivity contribution in [2.45, 2.75) is 26.3 Å². The van der Waals surface area contributed by atoms with Crippen LogP contribution in [0.1, 0.15) is 31.9 Å². The molecule has 0 fully saturated rings. The van der Waals surface area contributed by atoms with Crippen molar-refractivity contribution in [2.75, 3.05) is 17.5 Å². The van der Waals surface area contributed by atoms with Crippen LogP contribution in [0, 0.1) is 0 Å². The van der Waals surface area contributed by atoms with Gasteiger partial charge in [0.2, 0.25) is 10.0 Å². The molecule has 2 N–H and O–H groups in total. The summed E-state index contributed by atoms with van der Waals surface area (Å²) in [6, 6.07) is 7.55. The number of anilines is 1. The highest BCUT2D eigenvalue weighted by molar-refractivity contribution is 7.92. The van der Waals surface area contributed by atoms with E-state index in [4.69, 9.17) is 0 Å². The predicted octanol–water partition coefficient (Wildman–Crippen LogP) is 2.12. The fourth-order valence-electron chi connectivity index (χ4n) is 1.61. The van der Waals surface area contributed by atoms with Crippen LogP contribution in [-0.2, 0) is 10.0 Å². The summed E-state index contributed by atoms with van der Waals surface area (Å²) in [6.45, 7) is 3.84. The second kappa shape index (κ2) is 6.02. The first-order chi connectivity index (χ1) is 8.00. The highest BCUT2D eigenvalue weighted by Gasteiger charge is 2.13. The molecule has 1 aromatic rings. The summed E-state index contributed by atoms with van der Waals surface area (Å²) < 4.78 is 26.1. The van der Waals surface area contributed by atoms with E-state index in [2.05, 4.69) is 10.0 Å². The van der Waals surface area contributed by atoms with E-state index >= 15 is 0 Å². The quantitative estimate of drug-likeness (QED) is 0.819. The molecule has 0 aliphatic rings. The van der Waals surface area contributed by atoms with Crippen molar-refractivity contribution in [1.82, 2.24) is 5.32 Å². The van der Waals surface area contributed by atoms with E-state index in [1.807, 2.05) is 39.1 Å². The molecule has 0 aliphatic heterocycles. The van der Waals surface area contributed by atoms with Crippen molar-refractivity contribution in [3.05, 3.63) is 29.8 Å². The molecule has 0 aromatic heterocycles. The number of hydrogen-bond donors (Lipinski definition) is 2. The molecule has 0 bridgehead atoms. The zero-order valence-electron chi connectivity index (χ0n) is 10.5. The van der Waals surface area contributed by atoms with Gasteiger partial charge in [-0.2, -0.15) is 0 Å². The Hall–Kier alpha value is -1.07. The molecule has 0 amide bonds. The molecular formula is C12H20N2O2S. The lowest BCUT2D eigenvalue weighted by atomic mass is 10.1. The van der Waals surface area contributed by atoms with Crippen molar-refractivity contribution >= 4 is 15.7 Å². The SMILES string of the molecule is CCCS(=O)(=O)Nc1ccccc1[C@@H](C)NC. The smallest absolute Gasteiger partial charge is 0.232 e. The molecule has 17 heavy (non-hydrogen) atoms. The lowest BCUT2D eigenvalue weighted by molar-refractivity contribution is 0.599. The topological polar surface area (TPSA) is 58.2 Å². The average Bonchev–Trinajstić information content (AvgIpc) is 2.28. The molecule has 0 saturated heterocycles. The monoisotopic (exact) mass is 256 g/mol. The van der Waals surface area contributed by atoms with Crippen molar-refractivity contribution in [3.8, 4) is 0 Å². The van der Waals surface area contributed by atoms with Gasteiger partial charge in [-0.05, 0) is 32.0 Å². The molecule has 0 aliphatic carbocycles. The predicted molar refractivity (Wildman–Crippen MR) is 71.6 cm³/mol. The van der Waals surface area contributed by atoms with Crippen molar-refractivity contribution in [3.63, 3.8) is 0 Å². The van der Waals surface area contributed by atoms with E-state index in [9.17, 15) is 8.42 Å². The molecule has 0 heterocycles. The van der Waals surface area contributed by atoms with Gasteiger partial charge in [0.05, 0.1) is 11.4 Å². The maximum absolute atomic E-state index is 11.7. The standard InChI is InChI=1S/C12H20N2O2S/c1-4-9-17(15,16)14-12-8-6-5-7-11(12)10(2)13-3/h5-8,10,13-14H,4,9H2,1-3H3/t10-/m1/s1. The number of para-hydroxylation sites is 1. The minimum Gasteiger partial charge on any atom is -0.313 e. The molecule has 0 radical (unpaired) electrons. The van der Waals surface area contributed by atoms with Crippen molar-refractivity contribution in [2.24, 2.45) is 0 Å². The van der Waals surface area contributed by atoms with Crippen LogP contribution in [0.2, 0.25) is 0 Å². The van der Waals surface area contributed by atoms with E-state index in [-0.39, 0.29) is 11.8 Å². The molecule has 96 valence electrons. The number of benzene rings is 1. The van der Waals surface area contributed by atoms with E-state index in [1.165, 1.54) is 0 Å². The largest absolute Gasteiger partial charge is 0.313 e. The van der Waals surface area contributed by atoms with Crippen LogP contribution in [0.15, 0.2) is 24.3 Å². The van der Waals surface area contributed by atoms with Crippen LogP contribution in [0.3, 0.4) is 0 Å². The highest BCUT2D eigenvalue weighted by atomic mass is 32.2. The Morgan fingerprint density at radius 1 is 1.29 bits per heavy atom. The van der Waals surface area contributed by atoms with Gasteiger partial charge in [0.25, 0.3) is 0 Å². The molecule has 0 saturated carbocycles. The maximum Gasteiger partial charge on any atom is 0.232 e. The fraction of sp³-hybridized carbons (Fsp3) is 0.500. The minimum atomic E-state index is -3.23. The summed E-state index contributed by atoms with van der Waals surface area (Å²) >= 11 is 0. The minimum absolute atomic E-state index is 0.107. The Bertz CT molecular complexity index is 457. The van der Waals surface area contributed by atoms with Crippen LogP contribution in [0.4, 0.5) is 5.69 Å². The van der Waals surface area contributed by atoms with E-state index in [0.717, 1.165) is 5.56 Å². The Kier molecular flexibility index (Phi) is 4.96. The molecular weight excluding hydrogens is 236 g/mol. The van der Waals surface area contributed by atoms with Crippen LogP contribution >= 0.6 is 0 Å². The van der Waals surface area contributed by atoms with E-state index in [0.29, 0.717) is 12.1 Å². The summed E-state index contributed by atoms with van der Waals surface area (Å²) in [5, 5.41) is 3.10. The van der Waals surface area contributed by atoms with Gasteiger partial charge in [-0.25, -0.2) is 8.42 Å². The zero-order valence-corrected chi connectivity index (χ0v) is 11.3. The van der Waals surface area contributed by atoms with Gasteiger partial charge in [-0.1, -0.05) is 25.1 Å². The molecule has 0 unspecified atom stereocenters. The van der Waals surface area contributed by atoms with Gasteiger partial charge in [-0.15, -0.1) is 0 Å². The van der Waals surface area contributed by atoms with E-state index in [1.54, 1.807) is 6.07 Å². The number of hydrogen-bond acceptors (Lipinski definition) is 3. The third-order valence-electron chi connectivity index (χ3n) is 2.60. The van der Waals surface area contributed by atoms with Gasteiger partial charge in [0.15, 0.2) is 0 Å². The summed E-state index contributed by atoms with van der Waals surface area (Å²) in [5.74, 6) is 0.148. The molecule has 1 aromatic carbocycles. The first-order valence-electron chi connectivity index (χ1n) is 5.77. The van der Waals surface area contributed by atoms with Gasteiger partial charge in [-0.3, -0.25) is 4.72 Å². The Balaban J connectivity index is 2.99. The molecule has 1 rings (SSSR count). The maximum atomic E-state index is 11.7. The number of nitrogens with one attached hydrogen (secondary N) is 2. The van der Waals surface area contributed by atoms with Crippen LogP contribution in [0.5, 0.6) is 0 Å². The van der Waals surface area contributed by atoms with Crippen LogP contribution < -0.4 is 10.0 Å². The molecule has 1 atom stereocenters. The molecule has 5 heteroatoms. The third kappa shape index (κ3) is 4.02. The van der Waals surface area contributed by atoms with Crippen LogP contribution in [0.25, 0.3) is 0 Å². The van der Waals surface area contributed by atoms with Crippen molar-refractivity contribution in [1.29, 1.82) is 0 Å². The van der Waals surface area contributed by atoms with Crippen molar-refractivity contribution < 1.29 is 8.42 Å². The second-order valence-corrected chi connectivity index (χ2v) is 5.86. The number of rotatable bonds is 6. The Labute approximate surface area is 103 Å². The van der Waals surface area contributed by atoms with Crippen LogP contribution in [-0.4, -0.2) is 21.2 Å². The molecule has 4 nitrogen and oxygen atoms in total. The summed E-state index contributed by atoms with van der Waals surface area (Å²) in [6.07, 6.45) is 0.610. The zero-order chi connectivity index (χ0) is 12.9. The summed E-state index contributed by atoms with van der Waals surface area (Å²) in [5.41, 5.74) is 1.61. The lowest BCUT2D eigenvalue weighted by Crippen LogP contribution is -2.20. The van der Waals surface area contributed by atoms with Gasteiger partial charge >= 0.3 is 0 Å². The lowest BCUT2D eigenvalue weighted by Gasteiger charge is -2.16. The van der Waals surface area contributed by atoms with E-state index < -0.39 is 10.0 Å². The summed E-state index contributed by atoms with van der Waals surface area (Å²) in [7, 11) is -1.38. The van der Waals surface area contributed by atoms with Gasteiger partial charge < -0.3 is 5.32 Å². The average molecular weight is 256 g/mol.